The van der Waals surface area contributed by atoms with E-state index in [1.165, 1.54) is 5.39 Å². The van der Waals surface area contributed by atoms with Gasteiger partial charge in [-0.15, -0.1) is 5.14 Å². The molecule has 94 valence electrons. The summed E-state index contributed by atoms with van der Waals surface area (Å²) in [4.78, 5) is 2.09. The van der Waals surface area contributed by atoms with Gasteiger partial charge in [0, 0.05) is 18.1 Å². The largest absolute Gasteiger partial charge is 0.398 e. The maximum absolute atomic E-state index is 5.76. The van der Waals surface area contributed by atoms with Gasteiger partial charge in [-0.1, -0.05) is 36.4 Å². The Morgan fingerprint density at radius 3 is 2.39 bits per heavy atom. The minimum absolute atomic E-state index is 0.0424. The molecular formula is C14H18N3S+. The van der Waals surface area contributed by atoms with Gasteiger partial charge < -0.3 is 10.6 Å². The van der Waals surface area contributed by atoms with Gasteiger partial charge in [-0.2, -0.15) is 0 Å². The molecule has 0 aliphatic carbocycles. The minimum atomic E-state index is 0.0424. The molecule has 3 nitrogen and oxygen atoms in total. The number of hydrogen-bond acceptors (Lipinski definition) is 3. The molecule has 18 heavy (non-hydrogen) atoms. The summed E-state index contributed by atoms with van der Waals surface area (Å²) in [5.74, 6) is 1.00. The van der Waals surface area contributed by atoms with Gasteiger partial charge in [-0.3, -0.25) is 0 Å². The molecule has 1 atom stereocenters. The standard InChI is InChI=1S/C10H9N.C4H9N2S/c11-10-7-3-5-8-4-1-2-6-9(8)10;1-6-2-3-7(5)4-6/h1-7H,11H2;2-3H,4-5H2,1H3/q;+1. The van der Waals surface area contributed by atoms with Gasteiger partial charge in [0.15, 0.2) is 5.41 Å². The van der Waals surface area contributed by atoms with Crippen molar-refractivity contribution in [1.29, 1.82) is 0 Å². The van der Waals surface area contributed by atoms with Crippen molar-refractivity contribution in [2.75, 3.05) is 18.7 Å². The molecule has 0 saturated carbocycles. The molecule has 0 aromatic heterocycles. The fourth-order valence-corrected chi connectivity index (χ4v) is 2.76. The first-order valence-electron chi connectivity index (χ1n) is 5.73. The average Bonchev–Trinajstić information content (AvgIpc) is 2.75. The van der Waals surface area contributed by atoms with Gasteiger partial charge in [-0.05, 0) is 11.5 Å². The van der Waals surface area contributed by atoms with E-state index in [1.807, 2.05) is 49.0 Å². The van der Waals surface area contributed by atoms with Crippen LogP contribution in [-0.2, 0) is 11.1 Å². The van der Waals surface area contributed by atoms with Crippen LogP contribution in [0.2, 0.25) is 0 Å². The Morgan fingerprint density at radius 1 is 1.11 bits per heavy atom. The molecule has 3 rings (SSSR count). The number of anilines is 1. The molecule has 0 fully saturated rings. The molecule has 1 heterocycles. The van der Waals surface area contributed by atoms with E-state index in [-0.39, 0.29) is 11.1 Å². The SMILES string of the molecule is CN1C=C[S+](N)C1.Nc1cccc2ccccc12. The van der Waals surface area contributed by atoms with Crippen LogP contribution in [0, 0.1) is 0 Å². The first kappa shape index (κ1) is 12.8. The van der Waals surface area contributed by atoms with Crippen molar-refractivity contribution in [1.82, 2.24) is 4.90 Å². The second-order valence-corrected chi connectivity index (χ2v) is 5.68. The van der Waals surface area contributed by atoms with Crippen molar-refractivity contribution in [2.45, 2.75) is 0 Å². The summed E-state index contributed by atoms with van der Waals surface area (Å²) in [7, 11) is 2.02. The van der Waals surface area contributed by atoms with Gasteiger partial charge >= 0.3 is 0 Å². The number of nitrogens with zero attached hydrogens (tertiary/aromatic N) is 1. The number of nitrogen functional groups attached to an aromatic ring is 1. The van der Waals surface area contributed by atoms with Crippen LogP contribution < -0.4 is 10.9 Å². The number of rotatable bonds is 0. The highest BCUT2D eigenvalue weighted by Gasteiger charge is 2.16. The van der Waals surface area contributed by atoms with Gasteiger partial charge in [0.25, 0.3) is 0 Å². The molecule has 0 amide bonds. The van der Waals surface area contributed by atoms with Crippen LogP contribution in [0.15, 0.2) is 54.1 Å². The molecule has 4 N–H and O–H groups in total. The predicted molar refractivity (Wildman–Crippen MR) is 81.7 cm³/mol. The molecule has 1 unspecified atom stereocenters. The first-order chi connectivity index (χ1) is 8.66. The zero-order valence-electron chi connectivity index (χ0n) is 10.4. The summed E-state index contributed by atoms with van der Waals surface area (Å²) in [6.45, 7) is 0. The molecule has 0 spiro atoms. The lowest BCUT2D eigenvalue weighted by atomic mass is 10.1. The minimum Gasteiger partial charge on any atom is -0.398 e. The first-order valence-corrected chi connectivity index (χ1v) is 7.25. The van der Waals surface area contributed by atoms with Gasteiger partial charge in [-0.25, -0.2) is 0 Å². The topological polar surface area (TPSA) is 55.3 Å². The number of fused-ring (bicyclic) bond motifs is 1. The van der Waals surface area contributed by atoms with Crippen LogP contribution in [-0.4, -0.2) is 17.8 Å². The zero-order valence-corrected chi connectivity index (χ0v) is 11.2. The van der Waals surface area contributed by atoms with Crippen LogP contribution in [0.4, 0.5) is 5.69 Å². The highest BCUT2D eigenvalue weighted by Crippen LogP contribution is 2.19. The van der Waals surface area contributed by atoms with Crippen LogP contribution in [0.3, 0.4) is 0 Å². The lowest BCUT2D eigenvalue weighted by Gasteiger charge is -1.98. The molecule has 0 radical (unpaired) electrons. The van der Waals surface area contributed by atoms with Gasteiger partial charge in [0.1, 0.15) is 11.1 Å². The van der Waals surface area contributed by atoms with Crippen molar-refractivity contribution in [3.05, 3.63) is 54.1 Å². The number of hydrogen-bond donors (Lipinski definition) is 2. The Balaban J connectivity index is 0.000000149. The molecule has 1 aliphatic rings. The predicted octanol–water partition coefficient (Wildman–Crippen LogP) is 2.27. The molecule has 2 aromatic carbocycles. The fraction of sp³-hybridized carbons (Fsp3) is 0.143. The smallest absolute Gasteiger partial charge is 0.204 e. The summed E-state index contributed by atoms with van der Waals surface area (Å²) in [5, 5.41) is 9.89. The summed E-state index contributed by atoms with van der Waals surface area (Å²) < 4.78 is 0. The van der Waals surface area contributed by atoms with Crippen molar-refractivity contribution in [3.63, 3.8) is 0 Å². The van der Waals surface area contributed by atoms with Crippen molar-refractivity contribution in [3.8, 4) is 0 Å². The molecule has 1 aliphatic heterocycles. The Bertz CT molecular complexity index is 538. The molecule has 0 bridgehead atoms. The maximum Gasteiger partial charge on any atom is 0.204 e. The lowest BCUT2D eigenvalue weighted by molar-refractivity contribution is 0.550. The second kappa shape index (κ2) is 5.80. The van der Waals surface area contributed by atoms with Gasteiger partial charge in [0.2, 0.25) is 5.88 Å². The van der Waals surface area contributed by atoms with Crippen LogP contribution in [0.25, 0.3) is 10.8 Å². The zero-order chi connectivity index (χ0) is 13.0. The van der Waals surface area contributed by atoms with Crippen LogP contribution in [0.1, 0.15) is 0 Å². The third-order valence-electron chi connectivity index (χ3n) is 2.67. The fourth-order valence-electron chi connectivity index (χ4n) is 1.75. The van der Waals surface area contributed by atoms with E-state index >= 15 is 0 Å². The highest BCUT2D eigenvalue weighted by atomic mass is 32.2. The van der Waals surface area contributed by atoms with E-state index in [9.17, 15) is 0 Å². The van der Waals surface area contributed by atoms with E-state index in [1.54, 1.807) is 0 Å². The van der Waals surface area contributed by atoms with Gasteiger partial charge in [0.05, 0.1) is 6.20 Å². The second-order valence-electron chi connectivity index (χ2n) is 4.21. The Morgan fingerprint density at radius 2 is 1.83 bits per heavy atom. The molecule has 0 saturated heterocycles. The Hall–Kier alpha value is -1.65. The normalized spacial score (nSPS) is 17.7. The molecular weight excluding hydrogens is 242 g/mol. The Kier molecular flexibility index (Phi) is 4.12. The number of benzene rings is 2. The molecule has 2 aromatic rings. The number of nitrogens with two attached hydrogens (primary N) is 2. The molecule has 4 heteroatoms. The third kappa shape index (κ3) is 3.18. The maximum atomic E-state index is 5.76. The summed E-state index contributed by atoms with van der Waals surface area (Å²) >= 11 is 0.0424. The Labute approximate surface area is 111 Å². The monoisotopic (exact) mass is 260 g/mol. The summed E-state index contributed by atoms with van der Waals surface area (Å²) in [5.41, 5.74) is 6.61. The van der Waals surface area contributed by atoms with E-state index in [2.05, 4.69) is 17.0 Å². The van der Waals surface area contributed by atoms with Crippen molar-refractivity contribution < 1.29 is 0 Å². The van der Waals surface area contributed by atoms with E-state index in [0.29, 0.717) is 0 Å². The summed E-state index contributed by atoms with van der Waals surface area (Å²) in [6, 6.07) is 14.1. The quantitative estimate of drug-likeness (QED) is 0.564. The lowest BCUT2D eigenvalue weighted by Crippen LogP contribution is -2.18. The van der Waals surface area contributed by atoms with E-state index in [4.69, 9.17) is 10.9 Å². The highest BCUT2D eigenvalue weighted by molar-refractivity contribution is 7.97. The summed E-state index contributed by atoms with van der Waals surface area (Å²) in [6.07, 6.45) is 2.02. The van der Waals surface area contributed by atoms with Crippen molar-refractivity contribution in [2.24, 2.45) is 5.14 Å². The third-order valence-corrected chi connectivity index (χ3v) is 3.84. The van der Waals surface area contributed by atoms with E-state index in [0.717, 1.165) is 17.0 Å². The van der Waals surface area contributed by atoms with Crippen LogP contribution >= 0.6 is 0 Å². The van der Waals surface area contributed by atoms with Crippen molar-refractivity contribution >= 4 is 27.5 Å². The van der Waals surface area contributed by atoms with Crippen LogP contribution in [0.5, 0.6) is 0 Å². The van der Waals surface area contributed by atoms with E-state index < -0.39 is 0 Å². The average molecular weight is 260 g/mol.